The van der Waals surface area contributed by atoms with Crippen molar-refractivity contribution in [2.75, 3.05) is 13.2 Å². The maximum Gasteiger partial charge on any atom is 0.469 e. The molecular weight excluding hydrogens is 315 g/mol. The Hall–Kier alpha value is -0.950. The van der Waals surface area contributed by atoms with Gasteiger partial charge in [0.1, 0.15) is 6.61 Å². The molecule has 0 aromatic heterocycles. The quantitative estimate of drug-likeness (QED) is 0.314. The first-order chi connectivity index (χ1) is 10.2. The van der Waals surface area contributed by atoms with Crippen LogP contribution in [0.2, 0.25) is 0 Å². The highest BCUT2D eigenvalue weighted by atomic mass is 31.2. The number of esters is 2. The van der Waals surface area contributed by atoms with Gasteiger partial charge >= 0.3 is 19.8 Å². The van der Waals surface area contributed by atoms with E-state index >= 15 is 0 Å². The van der Waals surface area contributed by atoms with Crippen molar-refractivity contribution in [3.05, 3.63) is 0 Å². The zero-order valence-electron chi connectivity index (χ0n) is 13.0. The molecule has 0 bridgehead atoms. The van der Waals surface area contributed by atoms with Crippen molar-refractivity contribution in [1.29, 1.82) is 0 Å². The zero-order chi connectivity index (χ0) is 17.0. The first-order valence-electron chi connectivity index (χ1n) is 7.27. The van der Waals surface area contributed by atoms with E-state index in [1.165, 1.54) is 6.92 Å². The van der Waals surface area contributed by atoms with Gasteiger partial charge in [-0.1, -0.05) is 32.6 Å². The van der Waals surface area contributed by atoms with Crippen molar-refractivity contribution in [2.45, 2.75) is 58.5 Å². The lowest BCUT2D eigenvalue weighted by Crippen LogP contribution is -2.29. The summed E-state index contributed by atoms with van der Waals surface area (Å²) in [4.78, 5) is 39.7. The minimum atomic E-state index is -4.68. The second-order valence-corrected chi connectivity index (χ2v) is 6.10. The van der Waals surface area contributed by atoms with Gasteiger partial charge in [0.05, 0.1) is 6.61 Å². The number of carbonyl (C=O) groups is 2. The van der Waals surface area contributed by atoms with E-state index in [-0.39, 0.29) is 13.0 Å². The summed E-state index contributed by atoms with van der Waals surface area (Å²) >= 11 is 0. The fourth-order valence-corrected chi connectivity index (χ4v) is 1.98. The number of carbonyl (C=O) groups excluding carboxylic acids is 2. The molecule has 0 saturated carbocycles. The van der Waals surface area contributed by atoms with Crippen molar-refractivity contribution < 1.29 is 37.9 Å². The highest BCUT2D eigenvalue weighted by molar-refractivity contribution is 7.46. The molecule has 22 heavy (non-hydrogen) atoms. The second kappa shape index (κ2) is 11.6. The van der Waals surface area contributed by atoms with Gasteiger partial charge in [-0.05, 0) is 6.42 Å². The minimum absolute atomic E-state index is 0.205. The smallest absolute Gasteiger partial charge is 0.462 e. The van der Waals surface area contributed by atoms with Gasteiger partial charge in [-0.15, -0.1) is 0 Å². The largest absolute Gasteiger partial charge is 0.469 e. The monoisotopic (exact) mass is 340 g/mol. The maximum atomic E-state index is 11.6. The van der Waals surface area contributed by atoms with Gasteiger partial charge in [-0.3, -0.25) is 14.1 Å². The summed E-state index contributed by atoms with van der Waals surface area (Å²) in [6.45, 7) is 2.42. The fourth-order valence-electron chi connectivity index (χ4n) is 1.62. The SMILES string of the molecule is CCCCCCCC(=O)O[C@H](COC(C)=O)COP(=O)(O)O. The molecular formula is C13H25O8P. The van der Waals surface area contributed by atoms with E-state index in [9.17, 15) is 14.2 Å². The number of unbranched alkanes of at least 4 members (excludes halogenated alkanes) is 4. The summed E-state index contributed by atoms with van der Waals surface area (Å²) in [5.41, 5.74) is 0. The summed E-state index contributed by atoms with van der Waals surface area (Å²) in [6, 6.07) is 0. The van der Waals surface area contributed by atoms with Crippen LogP contribution in [0.3, 0.4) is 0 Å². The van der Waals surface area contributed by atoms with E-state index < -0.39 is 32.5 Å². The van der Waals surface area contributed by atoms with Gasteiger partial charge in [-0.2, -0.15) is 0 Å². The molecule has 0 unspecified atom stereocenters. The molecule has 0 aliphatic carbocycles. The highest BCUT2D eigenvalue weighted by Crippen LogP contribution is 2.35. The van der Waals surface area contributed by atoms with Gasteiger partial charge in [0, 0.05) is 13.3 Å². The third-order valence-electron chi connectivity index (χ3n) is 2.68. The molecule has 130 valence electrons. The standard InChI is InChI=1S/C13H25O8P/c1-3-4-5-6-7-8-13(15)21-12(9-19-11(2)14)10-20-22(16,17)18/h12H,3-10H2,1-2H3,(H2,16,17,18)/t12-/m1/s1. The van der Waals surface area contributed by atoms with Gasteiger partial charge in [0.2, 0.25) is 0 Å². The second-order valence-electron chi connectivity index (χ2n) is 4.87. The molecule has 0 aliphatic rings. The van der Waals surface area contributed by atoms with Crippen molar-refractivity contribution in [3.63, 3.8) is 0 Å². The number of rotatable bonds is 12. The van der Waals surface area contributed by atoms with Crippen molar-refractivity contribution in [2.24, 2.45) is 0 Å². The number of phosphoric acid groups is 1. The van der Waals surface area contributed by atoms with Crippen LogP contribution in [0.5, 0.6) is 0 Å². The Balaban J connectivity index is 4.15. The predicted molar refractivity (Wildman–Crippen MR) is 77.9 cm³/mol. The van der Waals surface area contributed by atoms with E-state index in [4.69, 9.17) is 14.5 Å². The van der Waals surface area contributed by atoms with Gasteiger partial charge in [0.15, 0.2) is 6.10 Å². The predicted octanol–water partition coefficient (Wildman–Crippen LogP) is 1.93. The van der Waals surface area contributed by atoms with Crippen LogP contribution in [-0.2, 0) is 28.2 Å². The van der Waals surface area contributed by atoms with E-state index in [1.54, 1.807) is 0 Å². The van der Waals surface area contributed by atoms with Crippen LogP contribution in [0.15, 0.2) is 0 Å². The Labute approximate surface area is 130 Å². The Morgan fingerprint density at radius 3 is 2.27 bits per heavy atom. The van der Waals surface area contributed by atoms with Crippen LogP contribution in [0.1, 0.15) is 52.4 Å². The van der Waals surface area contributed by atoms with Crippen molar-refractivity contribution in [3.8, 4) is 0 Å². The van der Waals surface area contributed by atoms with E-state index in [0.717, 1.165) is 25.7 Å². The lowest BCUT2D eigenvalue weighted by molar-refractivity contribution is -0.160. The summed E-state index contributed by atoms with van der Waals surface area (Å²) in [6.07, 6.45) is 4.02. The average molecular weight is 340 g/mol. The third-order valence-corrected chi connectivity index (χ3v) is 3.17. The topological polar surface area (TPSA) is 119 Å². The van der Waals surface area contributed by atoms with E-state index in [2.05, 4.69) is 16.2 Å². The summed E-state index contributed by atoms with van der Waals surface area (Å²) in [5, 5.41) is 0. The Morgan fingerprint density at radius 1 is 1.09 bits per heavy atom. The van der Waals surface area contributed by atoms with E-state index in [0.29, 0.717) is 6.42 Å². The van der Waals surface area contributed by atoms with Crippen LogP contribution in [0, 0.1) is 0 Å². The molecule has 9 heteroatoms. The molecule has 0 fully saturated rings. The molecule has 0 heterocycles. The zero-order valence-corrected chi connectivity index (χ0v) is 13.9. The summed E-state index contributed by atoms with van der Waals surface area (Å²) in [5.74, 6) is -1.10. The van der Waals surface area contributed by atoms with E-state index in [1.807, 2.05) is 0 Å². The molecule has 0 rings (SSSR count). The molecule has 0 aromatic carbocycles. The highest BCUT2D eigenvalue weighted by Gasteiger charge is 2.22. The molecule has 0 spiro atoms. The number of hydrogen-bond acceptors (Lipinski definition) is 6. The lowest BCUT2D eigenvalue weighted by Gasteiger charge is -2.18. The Kier molecular flexibility index (Phi) is 11.1. The summed E-state index contributed by atoms with van der Waals surface area (Å²) < 4.78 is 24.6. The lowest BCUT2D eigenvalue weighted by atomic mass is 10.1. The molecule has 0 saturated heterocycles. The fraction of sp³-hybridized carbons (Fsp3) is 0.846. The molecule has 0 aliphatic heterocycles. The van der Waals surface area contributed by atoms with Crippen molar-refractivity contribution in [1.82, 2.24) is 0 Å². The van der Waals surface area contributed by atoms with Gasteiger partial charge in [0.25, 0.3) is 0 Å². The average Bonchev–Trinajstić information content (AvgIpc) is 2.40. The number of hydrogen-bond donors (Lipinski definition) is 2. The summed E-state index contributed by atoms with van der Waals surface area (Å²) in [7, 11) is -4.68. The molecule has 0 amide bonds. The number of ether oxygens (including phenoxy) is 2. The van der Waals surface area contributed by atoms with Crippen LogP contribution in [0.25, 0.3) is 0 Å². The Bertz CT molecular complexity index is 378. The van der Waals surface area contributed by atoms with Crippen LogP contribution in [-0.4, -0.2) is 41.0 Å². The Morgan fingerprint density at radius 2 is 1.73 bits per heavy atom. The first kappa shape index (κ1) is 21.0. The molecule has 0 radical (unpaired) electrons. The maximum absolute atomic E-state index is 11.6. The molecule has 2 N–H and O–H groups in total. The van der Waals surface area contributed by atoms with Gasteiger partial charge in [-0.25, -0.2) is 4.57 Å². The molecule has 0 aromatic rings. The molecule has 1 atom stereocenters. The molecule has 8 nitrogen and oxygen atoms in total. The van der Waals surface area contributed by atoms with Crippen molar-refractivity contribution >= 4 is 19.8 Å². The van der Waals surface area contributed by atoms with Crippen LogP contribution >= 0.6 is 7.82 Å². The minimum Gasteiger partial charge on any atom is -0.462 e. The number of phosphoric ester groups is 1. The van der Waals surface area contributed by atoms with Crippen LogP contribution in [0.4, 0.5) is 0 Å². The normalized spacial score (nSPS) is 12.7. The van der Waals surface area contributed by atoms with Crippen LogP contribution < -0.4 is 0 Å². The van der Waals surface area contributed by atoms with Gasteiger partial charge < -0.3 is 19.3 Å². The third kappa shape index (κ3) is 14.0. The first-order valence-corrected chi connectivity index (χ1v) is 8.80.